The van der Waals surface area contributed by atoms with Gasteiger partial charge >= 0.3 is 6.18 Å². The number of thiophene rings is 1. The smallest absolute Gasteiger partial charge is 0.324 e. The molecular weight excluding hydrogens is 327 g/mol. The van der Waals surface area contributed by atoms with Gasteiger partial charge in [0.1, 0.15) is 0 Å². The molecule has 102 valence electrons. The molecule has 1 aliphatic rings. The largest absolute Gasteiger partial charge is 0.391 e. The predicted octanol–water partition coefficient (Wildman–Crippen LogP) is 4.88. The Morgan fingerprint density at radius 2 is 2.06 bits per heavy atom. The van der Waals surface area contributed by atoms with Crippen LogP contribution in [-0.2, 0) is 0 Å². The first-order valence-electron chi connectivity index (χ1n) is 5.93. The van der Waals surface area contributed by atoms with Crippen LogP contribution in [0.5, 0.6) is 0 Å². The summed E-state index contributed by atoms with van der Waals surface area (Å²) in [4.78, 5) is 0. The van der Waals surface area contributed by atoms with E-state index in [0.717, 1.165) is 16.5 Å². The van der Waals surface area contributed by atoms with Crippen LogP contribution in [-0.4, -0.2) is 6.18 Å². The molecule has 2 rings (SSSR count). The topological polar surface area (TPSA) is 26.0 Å². The molecule has 0 amide bonds. The first-order valence-corrected chi connectivity index (χ1v) is 7.67. The molecular formula is C12H15BrF3NS. The van der Waals surface area contributed by atoms with Crippen LogP contribution in [0.3, 0.4) is 0 Å². The minimum absolute atomic E-state index is 0.0729. The number of nitrogens with two attached hydrogens (primary N) is 1. The van der Waals surface area contributed by atoms with Gasteiger partial charge in [-0.05, 0) is 52.1 Å². The van der Waals surface area contributed by atoms with E-state index in [0.29, 0.717) is 6.42 Å². The second kappa shape index (κ2) is 5.51. The van der Waals surface area contributed by atoms with Crippen LogP contribution in [0.4, 0.5) is 13.2 Å². The van der Waals surface area contributed by atoms with Crippen LogP contribution in [0.2, 0.25) is 0 Å². The maximum absolute atomic E-state index is 12.8. The van der Waals surface area contributed by atoms with Crippen molar-refractivity contribution >= 4 is 27.3 Å². The standard InChI is InChI=1S/C12H15BrF3NS/c13-10-6-18-5-9(10)11(17)7-2-1-3-8(4-7)12(14,15)16/h5-8,11H,1-4,17H2. The lowest BCUT2D eigenvalue weighted by Crippen LogP contribution is -2.33. The Morgan fingerprint density at radius 3 is 2.61 bits per heavy atom. The first-order chi connectivity index (χ1) is 8.39. The fourth-order valence-electron chi connectivity index (χ4n) is 2.63. The van der Waals surface area contributed by atoms with Gasteiger partial charge in [0.25, 0.3) is 0 Å². The van der Waals surface area contributed by atoms with Gasteiger partial charge in [-0.25, -0.2) is 0 Å². The molecule has 0 saturated heterocycles. The van der Waals surface area contributed by atoms with Crippen molar-refractivity contribution in [2.24, 2.45) is 17.6 Å². The minimum atomic E-state index is -4.08. The van der Waals surface area contributed by atoms with Crippen molar-refractivity contribution in [3.05, 3.63) is 20.8 Å². The SMILES string of the molecule is NC(c1cscc1Br)C1CCCC(C(F)(F)F)C1. The maximum atomic E-state index is 12.8. The van der Waals surface area contributed by atoms with Crippen molar-refractivity contribution in [1.29, 1.82) is 0 Å². The third kappa shape index (κ3) is 3.08. The second-order valence-corrected chi connectivity index (χ2v) is 6.46. The summed E-state index contributed by atoms with van der Waals surface area (Å²) in [5.74, 6) is -1.25. The van der Waals surface area contributed by atoms with Crippen LogP contribution < -0.4 is 5.73 Å². The van der Waals surface area contributed by atoms with E-state index in [2.05, 4.69) is 15.9 Å². The zero-order chi connectivity index (χ0) is 13.3. The molecule has 6 heteroatoms. The summed E-state index contributed by atoms with van der Waals surface area (Å²) in [6.45, 7) is 0. The van der Waals surface area contributed by atoms with Crippen molar-refractivity contribution in [3.8, 4) is 0 Å². The average Bonchev–Trinajstić information content (AvgIpc) is 2.73. The Balaban J connectivity index is 2.07. The molecule has 1 nitrogen and oxygen atoms in total. The lowest BCUT2D eigenvalue weighted by molar-refractivity contribution is -0.186. The zero-order valence-electron chi connectivity index (χ0n) is 9.71. The summed E-state index contributed by atoms with van der Waals surface area (Å²) in [5.41, 5.74) is 7.07. The van der Waals surface area contributed by atoms with Crippen molar-refractivity contribution in [1.82, 2.24) is 0 Å². The third-order valence-corrected chi connectivity index (χ3v) is 5.44. The Morgan fingerprint density at radius 1 is 1.33 bits per heavy atom. The van der Waals surface area contributed by atoms with Crippen molar-refractivity contribution in [3.63, 3.8) is 0 Å². The monoisotopic (exact) mass is 341 g/mol. The van der Waals surface area contributed by atoms with Gasteiger partial charge in [-0.1, -0.05) is 6.42 Å². The molecule has 18 heavy (non-hydrogen) atoms. The van der Waals surface area contributed by atoms with Crippen LogP contribution in [0, 0.1) is 11.8 Å². The number of hydrogen-bond acceptors (Lipinski definition) is 2. The molecule has 0 bridgehead atoms. The molecule has 1 heterocycles. The highest BCUT2D eigenvalue weighted by Gasteiger charge is 2.43. The third-order valence-electron chi connectivity index (χ3n) is 3.69. The Labute approximate surface area is 117 Å². The molecule has 1 aliphatic carbocycles. The quantitative estimate of drug-likeness (QED) is 0.815. The highest BCUT2D eigenvalue weighted by Crippen LogP contribution is 2.44. The Kier molecular flexibility index (Phi) is 4.39. The van der Waals surface area contributed by atoms with Crippen LogP contribution >= 0.6 is 27.3 Å². The van der Waals surface area contributed by atoms with E-state index in [1.54, 1.807) is 0 Å². The van der Waals surface area contributed by atoms with Gasteiger partial charge < -0.3 is 5.73 Å². The normalized spacial score (nSPS) is 27.2. The van der Waals surface area contributed by atoms with E-state index >= 15 is 0 Å². The van der Waals surface area contributed by atoms with E-state index in [1.807, 2.05) is 10.8 Å². The fraction of sp³-hybridized carbons (Fsp3) is 0.667. The van der Waals surface area contributed by atoms with Crippen molar-refractivity contribution in [2.45, 2.75) is 37.9 Å². The summed E-state index contributed by atoms with van der Waals surface area (Å²) in [6, 6.07) is -0.296. The van der Waals surface area contributed by atoms with Gasteiger partial charge in [0, 0.05) is 15.9 Å². The lowest BCUT2D eigenvalue weighted by Gasteiger charge is -2.33. The highest BCUT2D eigenvalue weighted by molar-refractivity contribution is 9.10. The van der Waals surface area contributed by atoms with E-state index in [1.165, 1.54) is 11.3 Å². The fourth-order valence-corrected chi connectivity index (χ4v) is 4.24. The summed E-state index contributed by atoms with van der Waals surface area (Å²) < 4.78 is 39.2. The van der Waals surface area contributed by atoms with E-state index in [4.69, 9.17) is 5.73 Å². The van der Waals surface area contributed by atoms with Gasteiger partial charge in [-0.3, -0.25) is 0 Å². The number of alkyl halides is 3. The van der Waals surface area contributed by atoms with Crippen molar-refractivity contribution in [2.75, 3.05) is 0 Å². The van der Waals surface area contributed by atoms with Gasteiger partial charge in [0.15, 0.2) is 0 Å². The van der Waals surface area contributed by atoms with Gasteiger partial charge in [-0.2, -0.15) is 24.5 Å². The summed E-state index contributed by atoms with van der Waals surface area (Å²) in [5, 5.41) is 3.84. The van der Waals surface area contributed by atoms with E-state index < -0.39 is 12.1 Å². The molecule has 0 radical (unpaired) electrons. The molecule has 1 aromatic rings. The van der Waals surface area contributed by atoms with E-state index in [-0.39, 0.29) is 24.8 Å². The Hall–Kier alpha value is -0.0700. The summed E-state index contributed by atoms with van der Waals surface area (Å²) in [7, 11) is 0. The molecule has 2 N–H and O–H groups in total. The molecule has 1 saturated carbocycles. The number of halogens is 4. The van der Waals surface area contributed by atoms with E-state index in [9.17, 15) is 13.2 Å². The van der Waals surface area contributed by atoms with Gasteiger partial charge in [-0.15, -0.1) is 0 Å². The zero-order valence-corrected chi connectivity index (χ0v) is 12.1. The maximum Gasteiger partial charge on any atom is 0.391 e. The summed E-state index contributed by atoms with van der Waals surface area (Å²) >= 11 is 4.91. The molecule has 0 spiro atoms. The summed E-state index contributed by atoms with van der Waals surface area (Å²) in [6.07, 6.45) is -2.27. The Bertz CT molecular complexity index is 404. The van der Waals surface area contributed by atoms with Gasteiger partial charge in [0.05, 0.1) is 5.92 Å². The molecule has 3 unspecified atom stereocenters. The lowest BCUT2D eigenvalue weighted by atomic mass is 9.76. The van der Waals surface area contributed by atoms with Crippen LogP contribution in [0.15, 0.2) is 15.2 Å². The molecule has 3 atom stereocenters. The number of rotatable bonds is 2. The molecule has 0 aliphatic heterocycles. The van der Waals surface area contributed by atoms with Gasteiger partial charge in [0.2, 0.25) is 0 Å². The molecule has 1 aromatic heterocycles. The van der Waals surface area contributed by atoms with Crippen LogP contribution in [0.1, 0.15) is 37.3 Å². The number of hydrogen-bond donors (Lipinski definition) is 1. The molecule has 0 aromatic carbocycles. The highest BCUT2D eigenvalue weighted by atomic mass is 79.9. The second-order valence-electron chi connectivity index (χ2n) is 4.87. The minimum Gasteiger partial charge on any atom is -0.324 e. The predicted molar refractivity (Wildman–Crippen MR) is 70.5 cm³/mol. The van der Waals surface area contributed by atoms with Crippen molar-refractivity contribution < 1.29 is 13.2 Å². The average molecular weight is 342 g/mol. The van der Waals surface area contributed by atoms with Crippen LogP contribution in [0.25, 0.3) is 0 Å². The molecule has 1 fully saturated rings. The first kappa shape index (κ1) is 14.3.